The summed E-state index contributed by atoms with van der Waals surface area (Å²) in [5, 5.41) is 8.81. The van der Waals surface area contributed by atoms with Crippen molar-refractivity contribution >= 4 is 5.97 Å². The van der Waals surface area contributed by atoms with E-state index >= 15 is 0 Å². The molecule has 2 unspecified atom stereocenters. The number of para-hydroxylation sites is 2. The Labute approximate surface area is 93.8 Å². The molecule has 4 nitrogen and oxygen atoms in total. The second-order valence-electron chi connectivity index (χ2n) is 3.97. The second kappa shape index (κ2) is 4.43. The molecule has 0 aliphatic carbocycles. The Morgan fingerprint density at radius 1 is 1.50 bits per heavy atom. The van der Waals surface area contributed by atoms with E-state index in [1.807, 2.05) is 24.3 Å². The topological polar surface area (TPSA) is 55.8 Å². The molecule has 1 aliphatic rings. The summed E-state index contributed by atoms with van der Waals surface area (Å²) in [6, 6.07) is 7.41. The van der Waals surface area contributed by atoms with Crippen molar-refractivity contribution in [1.29, 1.82) is 0 Å². The standard InChI is InChI=1S/C12H14O4/c1-8(12(13)14)6-9-7-15-10-4-2-3-5-11(10)16-9/h2-5,8-9H,6-7H2,1H3,(H,13,14). The van der Waals surface area contributed by atoms with E-state index in [0.29, 0.717) is 18.8 Å². The van der Waals surface area contributed by atoms with E-state index in [1.54, 1.807) is 6.92 Å². The Hall–Kier alpha value is -1.71. The average Bonchev–Trinajstić information content (AvgIpc) is 2.28. The van der Waals surface area contributed by atoms with Gasteiger partial charge in [0.25, 0.3) is 0 Å². The van der Waals surface area contributed by atoms with Gasteiger partial charge in [-0.1, -0.05) is 19.1 Å². The highest BCUT2D eigenvalue weighted by Gasteiger charge is 2.24. The third-order valence-corrected chi connectivity index (χ3v) is 2.61. The van der Waals surface area contributed by atoms with Crippen LogP contribution in [0.1, 0.15) is 13.3 Å². The summed E-state index contributed by atoms with van der Waals surface area (Å²) in [6.07, 6.45) is 0.282. The van der Waals surface area contributed by atoms with Gasteiger partial charge in [0.15, 0.2) is 11.5 Å². The zero-order valence-corrected chi connectivity index (χ0v) is 9.05. The summed E-state index contributed by atoms with van der Waals surface area (Å²) < 4.78 is 11.2. The molecule has 2 rings (SSSR count). The number of carboxylic acids is 1. The molecular formula is C12H14O4. The van der Waals surface area contributed by atoms with Crippen molar-refractivity contribution in [3.8, 4) is 11.5 Å². The van der Waals surface area contributed by atoms with Crippen LogP contribution in [0.5, 0.6) is 11.5 Å². The van der Waals surface area contributed by atoms with E-state index in [1.165, 1.54) is 0 Å². The molecule has 0 spiro atoms. The lowest BCUT2D eigenvalue weighted by atomic mass is 10.0. The highest BCUT2D eigenvalue weighted by Crippen LogP contribution is 2.32. The first-order valence-electron chi connectivity index (χ1n) is 5.28. The molecule has 0 saturated carbocycles. The Bertz CT molecular complexity index is 388. The zero-order valence-electron chi connectivity index (χ0n) is 9.05. The fourth-order valence-electron chi connectivity index (χ4n) is 1.67. The van der Waals surface area contributed by atoms with Gasteiger partial charge in [0.1, 0.15) is 12.7 Å². The summed E-state index contributed by atoms with van der Waals surface area (Å²) in [6.45, 7) is 2.08. The van der Waals surface area contributed by atoms with E-state index in [0.717, 1.165) is 5.75 Å². The van der Waals surface area contributed by atoms with Gasteiger partial charge >= 0.3 is 5.97 Å². The number of carbonyl (C=O) groups is 1. The van der Waals surface area contributed by atoms with Crippen LogP contribution in [0.4, 0.5) is 0 Å². The van der Waals surface area contributed by atoms with Crippen molar-refractivity contribution in [3.05, 3.63) is 24.3 Å². The Morgan fingerprint density at radius 3 is 2.88 bits per heavy atom. The lowest BCUT2D eigenvalue weighted by Gasteiger charge is -2.27. The maximum absolute atomic E-state index is 10.7. The highest BCUT2D eigenvalue weighted by atomic mass is 16.6. The van der Waals surface area contributed by atoms with Crippen LogP contribution in [0, 0.1) is 5.92 Å². The average molecular weight is 222 g/mol. The van der Waals surface area contributed by atoms with E-state index in [2.05, 4.69) is 0 Å². The van der Waals surface area contributed by atoms with Crippen LogP contribution in [0.2, 0.25) is 0 Å². The Kier molecular flexibility index (Phi) is 2.99. The number of ether oxygens (including phenoxy) is 2. The van der Waals surface area contributed by atoms with Gasteiger partial charge in [0.05, 0.1) is 5.92 Å². The van der Waals surface area contributed by atoms with E-state index in [-0.39, 0.29) is 6.10 Å². The molecule has 1 aromatic rings. The van der Waals surface area contributed by atoms with Crippen molar-refractivity contribution in [1.82, 2.24) is 0 Å². The van der Waals surface area contributed by atoms with Gasteiger partial charge in [-0.15, -0.1) is 0 Å². The fraction of sp³-hybridized carbons (Fsp3) is 0.417. The van der Waals surface area contributed by atoms with Crippen LogP contribution in [0.25, 0.3) is 0 Å². The molecule has 0 aromatic heterocycles. The first-order valence-corrected chi connectivity index (χ1v) is 5.28. The summed E-state index contributed by atoms with van der Waals surface area (Å²) in [7, 11) is 0. The molecule has 86 valence electrons. The monoisotopic (exact) mass is 222 g/mol. The van der Waals surface area contributed by atoms with Gasteiger partial charge in [-0.25, -0.2) is 0 Å². The van der Waals surface area contributed by atoms with Crippen molar-refractivity contribution < 1.29 is 19.4 Å². The molecule has 0 radical (unpaired) electrons. The number of carboxylic acid groups (broad SMARTS) is 1. The fourth-order valence-corrected chi connectivity index (χ4v) is 1.67. The van der Waals surface area contributed by atoms with Crippen LogP contribution < -0.4 is 9.47 Å². The molecule has 0 saturated heterocycles. The van der Waals surface area contributed by atoms with Crippen molar-refractivity contribution in [2.24, 2.45) is 5.92 Å². The number of aliphatic carboxylic acids is 1. The van der Waals surface area contributed by atoms with Crippen LogP contribution in [-0.2, 0) is 4.79 Å². The number of benzene rings is 1. The van der Waals surface area contributed by atoms with Crippen LogP contribution in [0.15, 0.2) is 24.3 Å². The maximum Gasteiger partial charge on any atom is 0.306 e. The van der Waals surface area contributed by atoms with Gasteiger partial charge < -0.3 is 14.6 Å². The van der Waals surface area contributed by atoms with Gasteiger partial charge in [-0.3, -0.25) is 4.79 Å². The smallest absolute Gasteiger partial charge is 0.306 e. The number of rotatable bonds is 3. The van der Waals surface area contributed by atoms with E-state index in [4.69, 9.17) is 14.6 Å². The van der Waals surface area contributed by atoms with Crippen molar-refractivity contribution in [2.45, 2.75) is 19.4 Å². The lowest BCUT2D eigenvalue weighted by molar-refractivity contribution is -0.142. The second-order valence-corrected chi connectivity index (χ2v) is 3.97. The molecule has 2 atom stereocenters. The normalized spacial score (nSPS) is 20.2. The number of hydrogen-bond donors (Lipinski definition) is 1. The number of hydrogen-bond acceptors (Lipinski definition) is 3. The molecule has 0 bridgehead atoms. The Morgan fingerprint density at radius 2 is 2.19 bits per heavy atom. The Balaban J connectivity index is 2.00. The molecule has 0 fully saturated rings. The third kappa shape index (κ3) is 2.27. The first-order chi connectivity index (χ1) is 7.66. The summed E-state index contributed by atoms with van der Waals surface area (Å²) in [5.41, 5.74) is 0. The summed E-state index contributed by atoms with van der Waals surface area (Å²) in [5.74, 6) is 0.194. The highest BCUT2D eigenvalue weighted by molar-refractivity contribution is 5.69. The molecule has 1 N–H and O–H groups in total. The molecule has 16 heavy (non-hydrogen) atoms. The van der Waals surface area contributed by atoms with Crippen LogP contribution in [0.3, 0.4) is 0 Å². The van der Waals surface area contributed by atoms with Gasteiger partial charge in [-0.05, 0) is 12.1 Å². The van der Waals surface area contributed by atoms with Crippen LogP contribution in [-0.4, -0.2) is 23.8 Å². The maximum atomic E-state index is 10.7. The quantitative estimate of drug-likeness (QED) is 0.849. The minimum absolute atomic E-state index is 0.180. The molecule has 4 heteroatoms. The largest absolute Gasteiger partial charge is 0.486 e. The predicted octanol–water partition coefficient (Wildman–Crippen LogP) is 1.94. The molecular weight excluding hydrogens is 208 g/mol. The molecule has 1 aromatic carbocycles. The zero-order chi connectivity index (χ0) is 11.5. The van der Waals surface area contributed by atoms with Crippen molar-refractivity contribution in [3.63, 3.8) is 0 Å². The van der Waals surface area contributed by atoms with E-state index < -0.39 is 11.9 Å². The predicted molar refractivity (Wildman–Crippen MR) is 57.8 cm³/mol. The van der Waals surface area contributed by atoms with Gasteiger partial charge in [0, 0.05) is 6.42 Å². The SMILES string of the molecule is CC(CC1COc2ccccc2O1)C(=O)O. The lowest BCUT2D eigenvalue weighted by Crippen LogP contribution is -2.32. The molecule has 0 amide bonds. The molecule has 1 heterocycles. The number of fused-ring (bicyclic) bond motifs is 1. The van der Waals surface area contributed by atoms with E-state index in [9.17, 15) is 4.79 Å². The van der Waals surface area contributed by atoms with Gasteiger partial charge in [0.2, 0.25) is 0 Å². The summed E-state index contributed by atoms with van der Waals surface area (Å²) >= 11 is 0. The third-order valence-electron chi connectivity index (χ3n) is 2.61. The minimum atomic E-state index is -0.803. The minimum Gasteiger partial charge on any atom is -0.486 e. The molecule has 1 aliphatic heterocycles. The first kappa shape index (κ1) is 10.8. The summed E-state index contributed by atoms with van der Waals surface area (Å²) in [4.78, 5) is 10.7. The van der Waals surface area contributed by atoms with Crippen LogP contribution >= 0.6 is 0 Å². The van der Waals surface area contributed by atoms with Gasteiger partial charge in [-0.2, -0.15) is 0 Å². The van der Waals surface area contributed by atoms with Crippen molar-refractivity contribution in [2.75, 3.05) is 6.61 Å².